The van der Waals surface area contributed by atoms with Gasteiger partial charge in [0.1, 0.15) is 4.88 Å². The summed E-state index contributed by atoms with van der Waals surface area (Å²) in [5.41, 5.74) is 8.20. The number of nitrogens with one attached hydrogen (secondary N) is 1. The van der Waals surface area contributed by atoms with Crippen LogP contribution in [0.4, 0.5) is 10.7 Å². The number of methoxy groups -OCH3 is 1. The number of nitrogens with zero attached hydrogens (tertiary/aromatic N) is 1. The summed E-state index contributed by atoms with van der Waals surface area (Å²) in [4.78, 5) is 15.1. The Bertz CT molecular complexity index is 531. The quantitative estimate of drug-likeness (QED) is 0.894. The molecule has 2 fully saturated rings. The van der Waals surface area contributed by atoms with Crippen LogP contribution in [0.3, 0.4) is 0 Å². The molecule has 6 heteroatoms. The van der Waals surface area contributed by atoms with Crippen molar-refractivity contribution in [1.29, 1.82) is 0 Å². The molecule has 0 atom stereocenters. The predicted molar refractivity (Wildman–Crippen MR) is 86.3 cm³/mol. The predicted octanol–water partition coefficient (Wildman–Crippen LogP) is 2.18. The minimum absolute atomic E-state index is 0.0718. The second-order valence-corrected chi connectivity index (χ2v) is 6.84. The van der Waals surface area contributed by atoms with E-state index in [1.54, 1.807) is 25.5 Å². The summed E-state index contributed by atoms with van der Waals surface area (Å²) < 4.78 is 5.44. The van der Waals surface area contributed by atoms with Gasteiger partial charge in [0.2, 0.25) is 0 Å². The largest absolute Gasteiger partial charge is 0.397 e. The van der Waals surface area contributed by atoms with E-state index in [9.17, 15) is 4.79 Å². The number of hydrogen-bond acceptors (Lipinski definition) is 5. The highest BCUT2D eigenvalue weighted by molar-refractivity contribution is 7.18. The third-order valence-corrected chi connectivity index (χ3v) is 5.73. The van der Waals surface area contributed by atoms with Gasteiger partial charge in [0.25, 0.3) is 5.91 Å². The number of carbonyl (C=O) groups is 1. The van der Waals surface area contributed by atoms with Gasteiger partial charge in [-0.25, -0.2) is 0 Å². The highest BCUT2D eigenvalue weighted by Gasteiger charge is 2.35. The summed E-state index contributed by atoms with van der Waals surface area (Å²) in [6.07, 6.45) is 4.81. The molecule has 2 heterocycles. The van der Waals surface area contributed by atoms with Crippen molar-refractivity contribution in [3.8, 4) is 0 Å². The van der Waals surface area contributed by atoms with E-state index in [1.165, 1.54) is 23.4 Å². The second-order valence-electron chi connectivity index (χ2n) is 5.84. The average molecular weight is 309 g/mol. The second kappa shape index (κ2) is 5.85. The molecule has 1 aromatic heterocycles. The van der Waals surface area contributed by atoms with Gasteiger partial charge in [-0.2, -0.15) is 0 Å². The third kappa shape index (κ3) is 2.74. The van der Waals surface area contributed by atoms with E-state index < -0.39 is 0 Å². The molecule has 1 saturated heterocycles. The van der Waals surface area contributed by atoms with Crippen LogP contribution in [0.2, 0.25) is 0 Å². The van der Waals surface area contributed by atoms with Crippen LogP contribution in [-0.4, -0.2) is 39.3 Å². The number of ether oxygens (including phenoxy) is 1. The molecule has 0 aromatic carbocycles. The number of thiophene rings is 1. The monoisotopic (exact) mass is 309 g/mol. The van der Waals surface area contributed by atoms with Gasteiger partial charge in [-0.1, -0.05) is 0 Å². The fourth-order valence-electron chi connectivity index (χ4n) is 3.02. The van der Waals surface area contributed by atoms with Gasteiger partial charge in [0, 0.05) is 32.8 Å². The third-order valence-electron chi connectivity index (χ3n) is 4.45. The van der Waals surface area contributed by atoms with Crippen molar-refractivity contribution >= 4 is 27.9 Å². The minimum atomic E-state index is -0.0718. The van der Waals surface area contributed by atoms with Crippen molar-refractivity contribution in [2.24, 2.45) is 0 Å². The Kier molecular flexibility index (Phi) is 4.08. The summed E-state index contributed by atoms with van der Waals surface area (Å²) in [5, 5.41) is 3.91. The van der Waals surface area contributed by atoms with E-state index in [2.05, 4.69) is 10.2 Å². The van der Waals surface area contributed by atoms with E-state index >= 15 is 0 Å². The smallest absolute Gasteiger partial charge is 0.263 e. The highest BCUT2D eigenvalue weighted by Crippen LogP contribution is 2.52. The van der Waals surface area contributed by atoms with E-state index in [0.717, 1.165) is 25.9 Å². The number of nitrogens with two attached hydrogens (primary N) is 1. The van der Waals surface area contributed by atoms with Gasteiger partial charge < -0.3 is 20.7 Å². The number of nitrogen functional groups attached to an aromatic ring is 1. The first-order valence-corrected chi connectivity index (χ1v) is 8.39. The normalized spacial score (nSPS) is 19.8. The summed E-state index contributed by atoms with van der Waals surface area (Å²) in [7, 11) is 3.44. The van der Waals surface area contributed by atoms with Crippen molar-refractivity contribution in [2.75, 3.05) is 37.9 Å². The lowest BCUT2D eigenvalue weighted by Gasteiger charge is -2.32. The average Bonchev–Trinajstić information content (AvgIpc) is 3.30. The van der Waals surface area contributed by atoms with E-state index in [1.807, 2.05) is 0 Å². The standard InChI is InChI=1S/C15H23N3O2S/c1-17-14(19)13-12(16)11(9-3-4-9)15(21-13)18-7-5-10(20-2)6-8-18/h9-10H,3-8,16H2,1-2H3,(H,17,19). The minimum Gasteiger partial charge on any atom is -0.397 e. The Hall–Kier alpha value is -1.27. The molecular formula is C15H23N3O2S. The molecule has 0 spiro atoms. The van der Waals surface area contributed by atoms with Crippen LogP contribution in [0.1, 0.15) is 46.8 Å². The lowest BCUT2D eigenvalue weighted by molar-refractivity contribution is 0.0820. The highest BCUT2D eigenvalue weighted by atomic mass is 32.1. The maximum atomic E-state index is 12.0. The molecule has 3 N–H and O–H groups in total. The molecule has 1 aliphatic heterocycles. The van der Waals surface area contributed by atoms with Gasteiger partial charge in [0.05, 0.1) is 16.8 Å². The molecule has 1 amide bonds. The fraction of sp³-hybridized carbons (Fsp3) is 0.667. The summed E-state index contributed by atoms with van der Waals surface area (Å²) in [6.45, 7) is 1.96. The number of rotatable bonds is 4. The molecule has 116 valence electrons. The molecule has 0 bridgehead atoms. The Morgan fingerprint density at radius 2 is 2.00 bits per heavy atom. The van der Waals surface area contributed by atoms with Crippen LogP contribution < -0.4 is 16.0 Å². The first-order valence-electron chi connectivity index (χ1n) is 7.57. The van der Waals surface area contributed by atoms with Crippen molar-refractivity contribution in [1.82, 2.24) is 5.32 Å². The van der Waals surface area contributed by atoms with Crippen molar-refractivity contribution in [3.63, 3.8) is 0 Å². The van der Waals surface area contributed by atoms with Crippen molar-refractivity contribution in [2.45, 2.75) is 37.7 Å². The first kappa shape index (κ1) is 14.7. The van der Waals surface area contributed by atoms with Crippen LogP contribution in [-0.2, 0) is 4.74 Å². The fourth-order valence-corrected chi connectivity index (χ4v) is 4.33. The maximum absolute atomic E-state index is 12.0. The van der Waals surface area contributed by atoms with Crippen LogP contribution in [0.15, 0.2) is 0 Å². The van der Waals surface area contributed by atoms with Gasteiger partial charge >= 0.3 is 0 Å². The molecule has 1 aliphatic carbocycles. The first-order chi connectivity index (χ1) is 10.2. The topological polar surface area (TPSA) is 67.6 Å². The van der Waals surface area contributed by atoms with Gasteiger partial charge in [-0.05, 0) is 31.6 Å². The number of amides is 1. The number of piperidine rings is 1. The van der Waals surface area contributed by atoms with E-state index in [0.29, 0.717) is 22.6 Å². The molecule has 1 saturated carbocycles. The Morgan fingerprint density at radius 1 is 1.33 bits per heavy atom. The molecular weight excluding hydrogens is 286 g/mol. The Labute approximate surface area is 129 Å². The summed E-state index contributed by atoms with van der Waals surface area (Å²) >= 11 is 1.55. The number of hydrogen-bond donors (Lipinski definition) is 2. The molecule has 2 aliphatic rings. The zero-order valence-corrected chi connectivity index (χ0v) is 13.5. The lowest BCUT2D eigenvalue weighted by atomic mass is 10.1. The van der Waals surface area contributed by atoms with E-state index in [4.69, 9.17) is 10.5 Å². The van der Waals surface area contributed by atoms with Crippen LogP contribution in [0.25, 0.3) is 0 Å². The molecule has 21 heavy (non-hydrogen) atoms. The van der Waals surface area contributed by atoms with Gasteiger partial charge in [0.15, 0.2) is 0 Å². The summed E-state index contributed by atoms with van der Waals surface area (Å²) in [5.74, 6) is 0.479. The zero-order valence-electron chi connectivity index (χ0n) is 12.6. The Morgan fingerprint density at radius 3 is 2.52 bits per heavy atom. The summed E-state index contributed by atoms with van der Waals surface area (Å²) in [6, 6.07) is 0. The van der Waals surface area contributed by atoms with Crippen molar-refractivity contribution < 1.29 is 9.53 Å². The van der Waals surface area contributed by atoms with Crippen LogP contribution in [0, 0.1) is 0 Å². The molecule has 1 aromatic rings. The lowest BCUT2D eigenvalue weighted by Crippen LogP contribution is -2.36. The van der Waals surface area contributed by atoms with Crippen LogP contribution >= 0.6 is 11.3 Å². The molecule has 0 radical (unpaired) electrons. The van der Waals surface area contributed by atoms with Crippen LogP contribution in [0.5, 0.6) is 0 Å². The van der Waals surface area contributed by atoms with Crippen molar-refractivity contribution in [3.05, 3.63) is 10.4 Å². The van der Waals surface area contributed by atoms with E-state index in [-0.39, 0.29) is 5.91 Å². The zero-order chi connectivity index (χ0) is 15.0. The number of anilines is 2. The molecule has 3 rings (SSSR count). The van der Waals surface area contributed by atoms with Gasteiger partial charge in [-0.3, -0.25) is 4.79 Å². The SMILES string of the molecule is CNC(=O)c1sc(N2CCC(OC)CC2)c(C2CC2)c1N. The number of carbonyl (C=O) groups excluding carboxylic acids is 1. The molecule has 0 unspecified atom stereocenters. The molecule has 5 nitrogen and oxygen atoms in total. The van der Waals surface area contributed by atoms with Gasteiger partial charge in [-0.15, -0.1) is 11.3 Å². The maximum Gasteiger partial charge on any atom is 0.263 e. The Balaban J connectivity index is 1.89.